The lowest BCUT2D eigenvalue weighted by Crippen LogP contribution is -2.34. The second-order valence-electron chi connectivity index (χ2n) is 4.76. The Morgan fingerprint density at radius 3 is 2.00 bits per heavy atom. The van der Waals surface area contributed by atoms with Crippen molar-refractivity contribution >= 4 is 22.9 Å². The zero-order valence-electron chi connectivity index (χ0n) is 14.8. The molecule has 0 unspecified atom stereocenters. The van der Waals surface area contributed by atoms with Gasteiger partial charge >= 0.3 is 7.60 Å². The monoisotopic (exact) mass is 379 g/mol. The van der Waals surface area contributed by atoms with Crippen LogP contribution in [0.15, 0.2) is 23.1 Å². The summed E-state index contributed by atoms with van der Waals surface area (Å²) >= 11 is 0. The number of methoxy groups -OCH3 is 1. The molecule has 0 spiro atoms. The van der Waals surface area contributed by atoms with Gasteiger partial charge in [-0.25, -0.2) is 8.42 Å². The van der Waals surface area contributed by atoms with Gasteiger partial charge in [0.15, 0.2) is 0 Å². The van der Waals surface area contributed by atoms with Gasteiger partial charge in [0.2, 0.25) is 10.0 Å². The van der Waals surface area contributed by atoms with E-state index in [9.17, 15) is 13.0 Å². The van der Waals surface area contributed by atoms with E-state index in [2.05, 4.69) is 0 Å². The van der Waals surface area contributed by atoms with Crippen LogP contribution in [-0.2, 0) is 23.6 Å². The number of sulfonamides is 1. The van der Waals surface area contributed by atoms with E-state index in [1.165, 1.54) is 29.6 Å². The summed E-state index contributed by atoms with van der Waals surface area (Å²) in [5.41, 5.74) is 0. The standard InChI is InChI=1S/C15H26NO6PS/c1-6-16(7-2)24(18,19)15-11-10-13(20-5)12-14(15)23(17,21-8-3)22-9-4/h10-12H,6-9H2,1-5H3. The first-order valence-corrected chi connectivity index (χ1v) is 10.9. The molecular weight excluding hydrogens is 353 g/mol. The van der Waals surface area contributed by atoms with Crippen molar-refractivity contribution in [3.63, 3.8) is 0 Å². The van der Waals surface area contributed by atoms with E-state index in [4.69, 9.17) is 13.8 Å². The molecule has 0 amide bonds. The maximum absolute atomic E-state index is 13.2. The van der Waals surface area contributed by atoms with Gasteiger partial charge in [0.05, 0.1) is 30.5 Å². The summed E-state index contributed by atoms with van der Waals surface area (Å²) in [6.45, 7) is 7.69. The average molecular weight is 379 g/mol. The molecule has 0 aliphatic rings. The summed E-state index contributed by atoms with van der Waals surface area (Å²) in [6.07, 6.45) is 0. The van der Waals surface area contributed by atoms with Crippen LogP contribution < -0.4 is 10.0 Å². The van der Waals surface area contributed by atoms with Crippen molar-refractivity contribution in [3.05, 3.63) is 18.2 Å². The number of rotatable bonds is 10. The second-order valence-corrected chi connectivity index (χ2v) is 8.66. The van der Waals surface area contributed by atoms with E-state index in [1.807, 2.05) is 0 Å². The van der Waals surface area contributed by atoms with E-state index < -0.39 is 17.6 Å². The molecule has 0 atom stereocenters. The Hall–Kier alpha value is -0.920. The van der Waals surface area contributed by atoms with Crippen LogP contribution in [-0.4, -0.2) is 46.1 Å². The molecule has 9 heteroatoms. The highest BCUT2D eigenvalue weighted by Gasteiger charge is 2.36. The van der Waals surface area contributed by atoms with Crippen molar-refractivity contribution in [3.8, 4) is 5.75 Å². The first-order valence-electron chi connectivity index (χ1n) is 7.88. The van der Waals surface area contributed by atoms with Gasteiger partial charge in [0.1, 0.15) is 5.75 Å². The fourth-order valence-electron chi connectivity index (χ4n) is 2.28. The molecule has 1 aromatic carbocycles. The third-order valence-corrected chi connectivity index (χ3v) is 7.80. The van der Waals surface area contributed by atoms with Crippen LogP contribution in [0.2, 0.25) is 0 Å². The largest absolute Gasteiger partial charge is 0.497 e. The van der Waals surface area contributed by atoms with Crippen molar-refractivity contribution in [1.82, 2.24) is 4.31 Å². The van der Waals surface area contributed by atoms with Crippen LogP contribution in [0.1, 0.15) is 27.7 Å². The van der Waals surface area contributed by atoms with E-state index in [1.54, 1.807) is 27.7 Å². The van der Waals surface area contributed by atoms with E-state index >= 15 is 0 Å². The minimum atomic E-state index is -3.83. The van der Waals surface area contributed by atoms with Gasteiger partial charge in [-0.1, -0.05) is 13.8 Å². The molecule has 0 saturated carbocycles. The molecule has 0 saturated heterocycles. The molecule has 7 nitrogen and oxygen atoms in total. The zero-order valence-corrected chi connectivity index (χ0v) is 16.5. The summed E-state index contributed by atoms with van der Waals surface area (Å²) in [5.74, 6) is 0.378. The summed E-state index contributed by atoms with van der Waals surface area (Å²) in [7, 11) is -6.18. The SMILES string of the molecule is CCOP(=O)(OCC)c1cc(OC)ccc1S(=O)(=O)N(CC)CC. The minimum absolute atomic E-state index is 0.00236. The molecule has 0 fully saturated rings. The molecule has 0 aromatic heterocycles. The highest BCUT2D eigenvalue weighted by Crippen LogP contribution is 2.49. The number of hydrogen-bond donors (Lipinski definition) is 0. The first kappa shape index (κ1) is 21.1. The molecule has 0 aliphatic carbocycles. The zero-order chi connectivity index (χ0) is 18.4. The van der Waals surface area contributed by atoms with Gasteiger partial charge in [-0.05, 0) is 32.0 Å². The number of benzene rings is 1. The molecule has 138 valence electrons. The van der Waals surface area contributed by atoms with Gasteiger partial charge in [0.25, 0.3) is 0 Å². The topological polar surface area (TPSA) is 82.1 Å². The normalized spacial score (nSPS) is 12.6. The lowest BCUT2D eigenvalue weighted by Gasteiger charge is -2.24. The van der Waals surface area contributed by atoms with Crippen LogP contribution in [0.25, 0.3) is 0 Å². The molecule has 24 heavy (non-hydrogen) atoms. The van der Waals surface area contributed by atoms with Gasteiger partial charge < -0.3 is 13.8 Å². The van der Waals surface area contributed by atoms with E-state index in [0.717, 1.165) is 0 Å². The van der Waals surface area contributed by atoms with Gasteiger partial charge in [0, 0.05) is 13.1 Å². The van der Waals surface area contributed by atoms with Crippen molar-refractivity contribution < 1.29 is 26.8 Å². The maximum Gasteiger partial charge on any atom is 0.362 e. The van der Waals surface area contributed by atoms with Crippen LogP contribution in [0.3, 0.4) is 0 Å². The van der Waals surface area contributed by atoms with E-state index in [-0.39, 0.29) is 23.4 Å². The van der Waals surface area contributed by atoms with Gasteiger partial charge in [-0.3, -0.25) is 4.57 Å². The fourth-order valence-corrected chi connectivity index (χ4v) is 6.14. The van der Waals surface area contributed by atoms with Gasteiger partial charge in [-0.2, -0.15) is 4.31 Å². The quantitative estimate of drug-likeness (QED) is 0.581. The Morgan fingerprint density at radius 2 is 1.58 bits per heavy atom. The van der Waals surface area contributed by atoms with Crippen LogP contribution in [0, 0.1) is 0 Å². The summed E-state index contributed by atoms with van der Waals surface area (Å²) in [4.78, 5) is -0.0859. The maximum atomic E-state index is 13.2. The average Bonchev–Trinajstić information content (AvgIpc) is 2.55. The highest BCUT2D eigenvalue weighted by molar-refractivity contribution is 7.90. The second kappa shape index (κ2) is 8.97. The van der Waals surface area contributed by atoms with Crippen molar-refractivity contribution in [2.24, 2.45) is 0 Å². The molecule has 1 aromatic rings. The molecule has 0 radical (unpaired) electrons. The van der Waals surface area contributed by atoms with Crippen LogP contribution in [0.4, 0.5) is 0 Å². The van der Waals surface area contributed by atoms with Crippen LogP contribution in [0.5, 0.6) is 5.75 Å². The fraction of sp³-hybridized carbons (Fsp3) is 0.600. The lowest BCUT2D eigenvalue weighted by atomic mass is 10.3. The Labute approximate surface area is 144 Å². The molecule has 0 bridgehead atoms. The predicted molar refractivity (Wildman–Crippen MR) is 93.6 cm³/mol. The van der Waals surface area contributed by atoms with Crippen molar-refractivity contribution in [2.45, 2.75) is 32.6 Å². The Bertz CT molecular complexity index is 677. The predicted octanol–water partition coefficient (Wildman–Crippen LogP) is 2.62. The summed E-state index contributed by atoms with van der Waals surface area (Å²) < 4.78 is 56.1. The van der Waals surface area contributed by atoms with Crippen LogP contribution >= 0.6 is 7.60 Å². The molecule has 0 aliphatic heterocycles. The lowest BCUT2D eigenvalue weighted by molar-refractivity contribution is 0.229. The number of ether oxygens (including phenoxy) is 1. The molecule has 0 heterocycles. The first-order chi connectivity index (χ1) is 11.3. The number of nitrogens with zero attached hydrogens (tertiary/aromatic N) is 1. The summed E-state index contributed by atoms with van der Waals surface area (Å²) in [5, 5.41) is -0.00236. The molecule has 1 rings (SSSR count). The Kier molecular flexibility index (Phi) is 7.89. The molecule has 0 N–H and O–H groups in total. The van der Waals surface area contributed by atoms with Gasteiger partial charge in [-0.15, -0.1) is 0 Å². The molecular formula is C15H26NO6PS. The smallest absolute Gasteiger partial charge is 0.362 e. The van der Waals surface area contributed by atoms with E-state index in [0.29, 0.717) is 18.8 Å². The third-order valence-electron chi connectivity index (χ3n) is 3.38. The third kappa shape index (κ3) is 4.37. The summed E-state index contributed by atoms with van der Waals surface area (Å²) in [6, 6.07) is 4.30. The highest BCUT2D eigenvalue weighted by atomic mass is 32.2. The Balaban J connectivity index is 3.66. The van der Waals surface area contributed by atoms with Crippen molar-refractivity contribution in [2.75, 3.05) is 33.4 Å². The number of hydrogen-bond acceptors (Lipinski definition) is 6. The minimum Gasteiger partial charge on any atom is -0.497 e. The van der Waals surface area contributed by atoms with Crippen molar-refractivity contribution in [1.29, 1.82) is 0 Å². The Morgan fingerprint density at radius 1 is 1.04 bits per heavy atom.